The van der Waals surface area contributed by atoms with Gasteiger partial charge in [-0.1, -0.05) is 11.8 Å². The van der Waals surface area contributed by atoms with Crippen LogP contribution in [0.5, 0.6) is 0 Å². The second-order valence-corrected chi connectivity index (χ2v) is 5.01. The van der Waals surface area contributed by atoms with Crippen molar-refractivity contribution < 1.29 is 0 Å². The van der Waals surface area contributed by atoms with Gasteiger partial charge in [0.15, 0.2) is 5.16 Å². The molecule has 0 aliphatic heterocycles. The molecule has 0 bridgehead atoms. The number of imidazole rings is 1. The maximum Gasteiger partial charge on any atom is 0.191 e. The molecule has 7 heteroatoms. The quantitative estimate of drug-likeness (QED) is 0.442. The topological polar surface area (TPSA) is 67.7 Å². The molecule has 0 aromatic carbocycles. The van der Waals surface area contributed by atoms with Gasteiger partial charge in [-0.2, -0.15) is 0 Å². The van der Waals surface area contributed by atoms with E-state index >= 15 is 0 Å². The maximum absolute atomic E-state index is 4.45. The Labute approximate surface area is 123 Å². The molecular formula is C13H20N6S. The van der Waals surface area contributed by atoms with Gasteiger partial charge in [0.2, 0.25) is 0 Å². The minimum Gasteiger partial charge on any atom is -0.370 e. The summed E-state index contributed by atoms with van der Waals surface area (Å²) in [4.78, 5) is 12.9. The maximum atomic E-state index is 4.45. The van der Waals surface area contributed by atoms with Gasteiger partial charge in [-0.3, -0.25) is 0 Å². The molecule has 0 unspecified atom stereocenters. The van der Waals surface area contributed by atoms with E-state index in [0.717, 1.165) is 42.8 Å². The van der Waals surface area contributed by atoms with E-state index in [0.29, 0.717) is 0 Å². The number of anilines is 2. The Morgan fingerprint density at radius 1 is 1.25 bits per heavy atom. The molecule has 0 aliphatic carbocycles. The van der Waals surface area contributed by atoms with Crippen LogP contribution >= 0.6 is 11.8 Å². The van der Waals surface area contributed by atoms with Gasteiger partial charge in [0, 0.05) is 38.1 Å². The highest BCUT2D eigenvalue weighted by Crippen LogP contribution is 2.17. The second kappa shape index (κ2) is 7.74. The molecule has 2 heterocycles. The average molecular weight is 292 g/mol. The summed E-state index contributed by atoms with van der Waals surface area (Å²) < 4.78 is 2.07. The lowest BCUT2D eigenvalue weighted by Gasteiger charge is -2.09. The third-order valence-electron chi connectivity index (χ3n) is 2.70. The van der Waals surface area contributed by atoms with Gasteiger partial charge in [0.05, 0.1) is 6.33 Å². The molecule has 2 N–H and O–H groups in total. The first-order chi connectivity index (χ1) is 9.81. The Balaban J connectivity index is 1.86. The van der Waals surface area contributed by atoms with Crippen molar-refractivity contribution in [2.75, 3.05) is 30.0 Å². The fourth-order valence-corrected chi connectivity index (χ4v) is 2.16. The first-order valence-electron chi connectivity index (χ1n) is 6.68. The van der Waals surface area contributed by atoms with Crippen LogP contribution in [0.2, 0.25) is 0 Å². The first kappa shape index (κ1) is 14.6. The van der Waals surface area contributed by atoms with Crippen molar-refractivity contribution >= 4 is 23.4 Å². The lowest BCUT2D eigenvalue weighted by Crippen LogP contribution is -2.09. The molecule has 6 nitrogen and oxygen atoms in total. The Morgan fingerprint density at radius 3 is 2.70 bits per heavy atom. The monoisotopic (exact) mass is 292 g/mol. The van der Waals surface area contributed by atoms with E-state index in [1.54, 1.807) is 18.0 Å². The van der Waals surface area contributed by atoms with Gasteiger partial charge < -0.3 is 15.2 Å². The van der Waals surface area contributed by atoms with E-state index < -0.39 is 0 Å². The standard InChI is InChI=1S/C13H20N6S/c1-3-15-11-9-12(18-13(17-11)20-2)16-5-4-7-19-8-6-14-10-19/h6,8-10H,3-5,7H2,1-2H3,(H2,15,16,17,18). The van der Waals surface area contributed by atoms with Crippen LogP contribution in [0.3, 0.4) is 0 Å². The van der Waals surface area contributed by atoms with Crippen LogP contribution in [0.1, 0.15) is 13.3 Å². The van der Waals surface area contributed by atoms with Crippen molar-refractivity contribution in [3.05, 3.63) is 24.8 Å². The van der Waals surface area contributed by atoms with E-state index in [-0.39, 0.29) is 0 Å². The lowest BCUT2D eigenvalue weighted by atomic mass is 10.4. The first-order valence-corrected chi connectivity index (χ1v) is 7.91. The molecule has 108 valence electrons. The summed E-state index contributed by atoms with van der Waals surface area (Å²) in [5, 5.41) is 7.34. The molecule has 0 saturated carbocycles. The smallest absolute Gasteiger partial charge is 0.191 e. The van der Waals surface area contributed by atoms with Crippen molar-refractivity contribution in [3.8, 4) is 0 Å². The zero-order valence-corrected chi connectivity index (χ0v) is 12.7. The Hall–Kier alpha value is -1.76. The fourth-order valence-electron chi connectivity index (χ4n) is 1.78. The van der Waals surface area contributed by atoms with Crippen LogP contribution in [0.4, 0.5) is 11.6 Å². The van der Waals surface area contributed by atoms with Crippen LogP contribution in [0, 0.1) is 0 Å². The van der Waals surface area contributed by atoms with Crippen LogP contribution in [0.15, 0.2) is 29.9 Å². The van der Waals surface area contributed by atoms with Crippen LogP contribution in [0.25, 0.3) is 0 Å². The van der Waals surface area contributed by atoms with Gasteiger partial charge in [0.25, 0.3) is 0 Å². The number of nitrogens with zero attached hydrogens (tertiary/aromatic N) is 4. The van der Waals surface area contributed by atoms with Crippen molar-refractivity contribution in [2.45, 2.75) is 25.0 Å². The predicted octanol–water partition coefficient (Wildman–Crippen LogP) is 2.33. The summed E-state index contributed by atoms with van der Waals surface area (Å²) in [6, 6.07) is 1.94. The van der Waals surface area contributed by atoms with Crippen molar-refractivity contribution in [3.63, 3.8) is 0 Å². The zero-order valence-electron chi connectivity index (χ0n) is 11.8. The Bertz CT molecular complexity index is 514. The third-order valence-corrected chi connectivity index (χ3v) is 3.25. The number of rotatable bonds is 8. The molecule has 2 aromatic rings. The largest absolute Gasteiger partial charge is 0.370 e. The Morgan fingerprint density at radius 2 is 2.05 bits per heavy atom. The average Bonchev–Trinajstić information content (AvgIpc) is 2.97. The molecule has 0 saturated heterocycles. The normalized spacial score (nSPS) is 10.5. The molecule has 0 fully saturated rings. The zero-order chi connectivity index (χ0) is 14.2. The number of hydrogen-bond donors (Lipinski definition) is 2. The number of thioether (sulfide) groups is 1. The molecule has 2 aromatic heterocycles. The molecule has 20 heavy (non-hydrogen) atoms. The van der Waals surface area contributed by atoms with Crippen LogP contribution in [-0.2, 0) is 6.54 Å². The van der Waals surface area contributed by atoms with Gasteiger partial charge >= 0.3 is 0 Å². The lowest BCUT2D eigenvalue weighted by molar-refractivity contribution is 0.659. The SMILES string of the molecule is CCNc1cc(NCCCn2ccnc2)nc(SC)n1. The highest BCUT2D eigenvalue weighted by Gasteiger charge is 2.03. The summed E-state index contributed by atoms with van der Waals surface area (Å²) in [7, 11) is 0. The second-order valence-electron chi connectivity index (χ2n) is 4.24. The highest BCUT2D eigenvalue weighted by molar-refractivity contribution is 7.98. The molecular weight excluding hydrogens is 272 g/mol. The molecule has 0 atom stereocenters. The fraction of sp³-hybridized carbons (Fsp3) is 0.462. The summed E-state index contributed by atoms with van der Waals surface area (Å²) in [6.07, 6.45) is 8.60. The summed E-state index contributed by atoms with van der Waals surface area (Å²) >= 11 is 1.55. The Kier molecular flexibility index (Phi) is 5.67. The molecule has 2 rings (SSSR count). The van der Waals surface area contributed by atoms with E-state index in [1.807, 2.05) is 24.8 Å². The van der Waals surface area contributed by atoms with Gasteiger partial charge in [-0.25, -0.2) is 15.0 Å². The molecule has 0 radical (unpaired) electrons. The van der Waals surface area contributed by atoms with E-state index in [1.165, 1.54) is 0 Å². The summed E-state index contributed by atoms with van der Waals surface area (Å²) in [5.41, 5.74) is 0. The predicted molar refractivity (Wildman–Crippen MR) is 83.3 cm³/mol. The molecule has 0 amide bonds. The number of aryl methyl sites for hydroxylation is 1. The van der Waals surface area contributed by atoms with Crippen molar-refractivity contribution in [1.29, 1.82) is 0 Å². The minimum absolute atomic E-state index is 0.778. The minimum atomic E-state index is 0.778. The van der Waals surface area contributed by atoms with Gasteiger partial charge in [0.1, 0.15) is 11.6 Å². The van der Waals surface area contributed by atoms with Crippen molar-refractivity contribution in [2.24, 2.45) is 0 Å². The summed E-state index contributed by atoms with van der Waals surface area (Å²) in [6.45, 7) is 4.73. The summed E-state index contributed by atoms with van der Waals surface area (Å²) in [5.74, 6) is 1.73. The third kappa shape index (κ3) is 4.41. The molecule has 0 aliphatic rings. The van der Waals surface area contributed by atoms with E-state index in [4.69, 9.17) is 0 Å². The van der Waals surface area contributed by atoms with E-state index in [2.05, 4.69) is 37.1 Å². The van der Waals surface area contributed by atoms with Crippen molar-refractivity contribution in [1.82, 2.24) is 19.5 Å². The number of hydrogen-bond acceptors (Lipinski definition) is 6. The van der Waals surface area contributed by atoms with Gasteiger partial charge in [-0.05, 0) is 19.6 Å². The van der Waals surface area contributed by atoms with Gasteiger partial charge in [-0.15, -0.1) is 0 Å². The van der Waals surface area contributed by atoms with Crippen LogP contribution in [-0.4, -0.2) is 38.9 Å². The number of aromatic nitrogens is 4. The van der Waals surface area contributed by atoms with Crippen LogP contribution < -0.4 is 10.6 Å². The molecule has 0 spiro atoms. The van der Waals surface area contributed by atoms with E-state index in [9.17, 15) is 0 Å². The number of nitrogens with one attached hydrogen (secondary N) is 2. The highest BCUT2D eigenvalue weighted by atomic mass is 32.2.